The number of hydrogen-bond donors (Lipinski definition) is 1. The number of cyclic esters (lactones) is 1. The second-order valence-corrected chi connectivity index (χ2v) is 3.42. The zero-order valence-corrected chi connectivity index (χ0v) is 8.50. The van der Waals surface area contributed by atoms with Crippen LogP contribution in [0.2, 0.25) is 0 Å². The van der Waals surface area contributed by atoms with Crippen molar-refractivity contribution in [1.82, 2.24) is 4.90 Å². The van der Waals surface area contributed by atoms with E-state index >= 15 is 0 Å². The summed E-state index contributed by atoms with van der Waals surface area (Å²) in [4.78, 5) is 23.8. The minimum Gasteiger partial charge on any atom is -0.447 e. The standard InChI is InChI=1S/C11H11NO4/c13-9(8-4-2-1-3-5-8)10(14)12-6-7-16-11(12)15/h1-5,9,13H,6-7H2. The molecule has 0 spiro atoms. The van der Waals surface area contributed by atoms with Gasteiger partial charge in [-0.15, -0.1) is 0 Å². The number of nitrogens with zero attached hydrogens (tertiary/aromatic N) is 1. The zero-order chi connectivity index (χ0) is 11.5. The van der Waals surface area contributed by atoms with Crippen LogP contribution >= 0.6 is 0 Å². The normalized spacial score (nSPS) is 17.1. The Morgan fingerprint density at radius 1 is 1.38 bits per heavy atom. The molecule has 0 saturated carbocycles. The number of benzene rings is 1. The lowest BCUT2D eigenvalue weighted by Gasteiger charge is -2.15. The molecule has 1 aliphatic rings. The fraction of sp³-hybridized carbons (Fsp3) is 0.273. The highest BCUT2D eigenvalue weighted by atomic mass is 16.6. The Labute approximate surface area is 92.2 Å². The van der Waals surface area contributed by atoms with E-state index in [0.29, 0.717) is 5.56 Å². The average Bonchev–Trinajstić information content (AvgIpc) is 2.75. The second-order valence-electron chi connectivity index (χ2n) is 3.42. The van der Waals surface area contributed by atoms with E-state index in [9.17, 15) is 14.7 Å². The van der Waals surface area contributed by atoms with Gasteiger partial charge in [0.25, 0.3) is 5.91 Å². The van der Waals surface area contributed by atoms with E-state index in [1.165, 1.54) is 0 Å². The lowest BCUT2D eigenvalue weighted by atomic mass is 10.1. The molecule has 1 N–H and O–H groups in total. The van der Waals surface area contributed by atoms with Gasteiger partial charge in [0.15, 0.2) is 6.10 Å². The van der Waals surface area contributed by atoms with Crippen LogP contribution in [0, 0.1) is 0 Å². The largest absolute Gasteiger partial charge is 0.447 e. The molecule has 1 aromatic rings. The molecule has 84 valence electrons. The highest BCUT2D eigenvalue weighted by molar-refractivity contribution is 5.95. The highest BCUT2D eigenvalue weighted by Crippen LogP contribution is 2.17. The lowest BCUT2D eigenvalue weighted by Crippen LogP contribution is -2.35. The maximum absolute atomic E-state index is 11.7. The summed E-state index contributed by atoms with van der Waals surface area (Å²) in [6, 6.07) is 8.47. The molecule has 0 aromatic heterocycles. The number of aliphatic hydroxyl groups excluding tert-OH is 1. The quantitative estimate of drug-likeness (QED) is 0.798. The van der Waals surface area contributed by atoms with Crippen LogP contribution in [-0.2, 0) is 9.53 Å². The number of aliphatic hydroxyl groups is 1. The Morgan fingerprint density at radius 2 is 2.06 bits per heavy atom. The monoisotopic (exact) mass is 221 g/mol. The molecule has 2 rings (SSSR count). The number of amides is 2. The Bertz CT molecular complexity index is 404. The summed E-state index contributed by atoms with van der Waals surface area (Å²) in [5, 5.41) is 9.77. The van der Waals surface area contributed by atoms with Gasteiger partial charge in [-0.05, 0) is 5.56 Å². The third kappa shape index (κ3) is 1.90. The van der Waals surface area contributed by atoms with Crippen molar-refractivity contribution in [2.24, 2.45) is 0 Å². The molecule has 1 aliphatic heterocycles. The lowest BCUT2D eigenvalue weighted by molar-refractivity contribution is -0.136. The molecule has 2 amide bonds. The number of carbonyl (C=O) groups excluding carboxylic acids is 2. The first-order valence-electron chi connectivity index (χ1n) is 4.91. The number of imide groups is 1. The number of rotatable bonds is 2. The van der Waals surface area contributed by atoms with Gasteiger partial charge in [0, 0.05) is 0 Å². The maximum atomic E-state index is 11.7. The van der Waals surface area contributed by atoms with Crippen molar-refractivity contribution in [2.45, 2.75) is 6.10 Å². The molecule has 1 heterocycles. The Kier molecular flexibility index (Phi) is 2.87. The minimum absolute atomic E-state index is 0.187. The first kappa shape index (κ1) is 10.6. The van der Waals surface area contributed by atoms with Gasteiger partial charge in [-0.2, -0.15) is 0 Å². The van der Waals surface area contributed by atoms with Crippen LogP contribution in [0.15, 0.2) is 30.3 Å². The smallest absolute Gasteiger partial charge is 0.416 e. The van der Waals surface area contributed by atoms with Crippen molar-refractivity contribution < 1.29 is 19.4 Å². The van der Waals surface area contributed by atoms with Crippen LogP contribution in [0.4, 0.5) is 4.79 Å². The molecule has 16 heavy (non-hydrogen) atoms. The first-order chi connectivity index (χ1) is 7.70. The van der Waals surface area contributed by atoms with Gasteiger partial charge in [-0.25, -0.2) is 9.69 Å². The van der Waals surface area contributed by atoms with Gasteiger partial charge in [0.05, 0.1) is 6.54 Å². The van der Waals surface area contributed by atoms with Crippen LogP contribution < -0.4 is 0 Å². The number of hydrogen-bond acceptors (Lipinski definition) is 4. The van der Waals surface area contributed by atoms with Crippen LogP contribution in [0.3, 0.4) is 0 Å². The molecular weight excluding hydrogens is 210 g/mol. The number of carbonyl (C=O) groups is 2. The SMILES string of the molecule is O=C1OCCN1C(=O)C(O)c1ccccc1. The second kappa shape index (κ2) is 4.32. The van der Waals surface area contributed by atoms with Gasteiger partial charge >= 0.3 is 6.09 Å². The average molecular weight is 221 g/mol. The van der Waals surface area contributed by atoms with Gasteiger partial charge in [-0.1, -0.05) is 30.3 Å². The molecule has 0 aliphatic carbocycles. The van der Waals surface area contributed by atoms with Crippen molar-refractivity contribution in [3.63, 3.8) is 0 Å². The Balaban J connectivity index is 2.13. The number of ether oxygens (including phenoxy) is 1. The van der Waals surface area contributed by atoms with Crippen molar-refractivity contribution >= 4 is 12.0 Å². The van der Waals surface area contributed by atoms with Gasteiger partial charge < -0.3 is 9.84 Å². The fourth-order valence-corrected chi connectivity index (χ4v) is 1.52. The summed E-state index contributed by atoms with van der Waals surface area (Å²) in [6.45, 7) is 0.383. The highest BCUT2D eigenvalue weighted by Gasteiger charge is 2.33. The molecule has 1 unspecified atom stereocenters. The van der Waals surface area contributed by atoms with Gasteiger partial charge in [-0.3, -0.25) is 4.79 Å². The molecule has 0 bridgehead atoms. The van der Waals surface area contributed by atoms with E-state index in [-0.39, 0.29) is 13.2 Å². The summed E-state index contributed by atoms with van der Waals surface area (Å²) < 4.78 is 4.63. The van der Waals surface area contributed by atoms with E-state index < -0.39 is 18.1 Å². The summed E-state index contributed by atoms with van der Waals surface area (Å²) >= 11 is 0. The van der Waals surface area contributed by atoms with Crippen LogP contribution in [-0.4, -0.2) is 35.2 Å². The topological polar surface area (TPSA) is 66.8 Å². The molecular formula is C11H11NO4. The molecule has 5 heteroatoms. The molecule has 1 atom stereocenters. The van der Waals surface area contributed by atoms with E-state index in [4.69, 9.17) is 0 Å². The minimum atomic E-state index is -1.31. The maximum Gasteiger partial charge on any atom is 0.416 e. The molecule has 1 fully saturated rings. The van der Waals surface area contributed by atoms with E-state index in [1.54, 1.807) is 30.3 Å². The Hall–Kier alpha value is -1.88. The van der Waals surface area contributed by atoms with Crippen LogP contribution in [0.1, 0.15) is 11.7 Å². The summed E-state index contributed by atoms with van der Waals surface area (Å²) in [5.41, 5.74) is 0.465. The molecule has 1 saturated heterocycles. The van der Waals surface area contributed by atoms with Crippen LogP contribution in [0.5, 0.6) is 0 Å². The van der Waals surface area contributed by atoms with E-state index in [1.807, 2.05) is 0 Å². The van der Waals surface area contributed by atoms with Crippen molar-refractivity contribution in [3.8, 4) is 0 Å². The van der Waals surface area contributed by atoms with E-state index in [0.717, 1.165) is 4.90 Å². The molecule has 0 radical (unpaired) electrons. The van der Waals surface area contributed by atoms with Crippen LogP contribution in [0.25, 0.3) is 0 Å². The summed E-state index contributed by atoms with van der Waals surface area (Å²) in [6.07, 6.45) is -2.01. The third-order valence-electron chi connectivity index (χ3n) is 2.38. The van der Waals surface area contributed by atoms with Gasteiger partial charge in [0.1, 0.15) is 6.61 Å². The predicted molar refractivity (Wildman–Crippen MR) is 54.5 cm³/mol. The zero-order valence-electron chi connectivity index (χ0n) is 8.50. The van der Waals surface area contributed by atoms with Crippen molar-refractivity contribution in [2.75, 3.05) is 13.2 Å². The first-order valence-corrected chi connectivity index (χ1v) is 4.91. The van der Waals surface area contributed by atoms with Gasteiger partial charge in [0.2, 0.25) is 0 Å². The third-order valence-corrected chi connectivity index (χ3v) is 2.38. The molecule has 5 nitrogen and oxygen atoms in total. The fourth-order valence-electron chi connectivity index (χ4n) is 1.52. The van der Waals surface area contributed by atoms with Crippen molar-refractivity contribution in [3.05, 3.63) is 35.9 Å². The summed E-state index contributed by atoms with van der Waals surface area (Å²) in [5.74, 6) is -0.645. The summed E-state index contributed by atoms with van der Waals surface area (Å²) in [7, 11) is 0. The van der Waals surface area contributed by atoms with E-state index in [2.05, 4.69) is 4.74 Å². The Morgan fingerprint density at radius 3 is 2.62 bits per heavy atom. The predicted octanol–water partition coefficient (Wildman–Crippen LogP) is 0.699. The van der Waals surface area contributed by atoms with Crippen molar-refractivity contribution in [1.29, 1.82) is 0 Å². The molecule has 1 aromatic carbocycles.